The first-order chi connectivity index (χ1) is 9.96. The number of hydrogen-bond acceptors (Lipinski definition) is 5. The van der Waals surface area contributed by atoms with Gasteiger partial charge < -0.3 is 14.0 Å². The van der Waals surface area contributed by atoms with Crippen LogP contribution in [-0.2, 0) is 11.5 Å². The molecule has 0 saturated heterocycles. The maximum Gasteiger partial charge on any atom is 0.241 e. The highest BCUT2D eigenvalue weighted by atomic mass is 28.3. The number of methoxy groups -OCH3 is 1. The Morgan fingerprint density at radius 2 is 2.10 bits per heavy atom. The van der Waals surface area contributed by atoms with E-state index in [9.17, 15) is 4.79 Å². The average Bonchev–Trinajstić information content (AvgIpc) is 2.80. The number of nitrogens with zero attached hydrogens (tertiary/aromatic N) is 3. The summed E-state index contributed by atoms with van der Waals surface area (Å²) in [6.45, 7) is 7.88. The fourth-order valence-electron chi connectivity index (χ4n) is 2.00. The highest BCUT2D eigenvalue weighted by Crippen LogP contribution is 2.24. The maximum absolute atomic E-state index is 11.2. The van der Waals surface area contributed by atoms with Gasteiger partial charge in [0.15, 0.2) is 6.29 Å². The molecule has 114 valence electrons. The summed E-state index contributed by atoms with van der Waals surface area (Å²) in [6, 6.07) is 2.80. The van der Waals surface area contributed by atoms with Crippen molar-refractivity contribution in [2.75, 3.05) is 13.7 Å². The van der Waals surface area contributed by atoms with Gasteiger partial charge in [0.2, 0.25) is 5.88 Å². The molecular weight excluding hydrogens is 286 g/mol. The second-order valence-corrected chi connectivity index (χ2v) is 11.7. The van der Waals surface area contributed by atoms with Crippen LogP contribution in [0, 0.1) is 0 Å². The third-order valence-electron chi connectivity index (χ3n) is 3.21. The Hall–Kier alpha value is -1.73. The van der Waals surface area contributed by atoms with E-state index in [2.05, 4.69) is 29.6 Å². The molecule has 0 spiro atoms. The van der Waals surface area contributed by atoms with Gasteiger partial charge in [0.1, 0.15) is 18.6 Å². The standard InChI is InChI=1S/C14H21N3O3Si/c1-19-14-13-12(15-9-16-14)7-11(8-18)17(13)10-20-5-6-21(2,3)4/h7-9H,5-6,10H2,1-4H3. The molecule has 0 unspecified atom stereocenters. The van der Waals surface area contributed by atoms with Crippen molar-refractivity contribution < 1.29 is 14.3 Å². The van der Waals surface area contributed by atoms with Crippen LogP contribution in [0.4, 0.5) is 0 Å². The third-order valence-corrected chi connectivity index (χ3v) is 4.92. The molecule has 7 heteroatoms. The van der Waals surface area contributed by atoms with Crippen LogP contribution >= 0.6 is 0 Å². The second kappa shape index (κ2) is 6.36. The number of aromatic nitrogens is 3. The van der Waals surface area contributed by atoms with Crippen molar-refractivity contribution in [1.29, 1.82) is 0 Å². The topological polar surface area (TPSA) is 66.2 Å². The lowest BCUT2D eigenvalue weighted by molar-refractivity contribution is 0.0860. The monoisotopic (exact) mass is 307 g/mol. The minimum Gasteiger partial charge on any atom is -0.479 e. The lowest BCUT2D eigenvalue weighted by Crippen LogP contribution is -2.22. The number of ether oxygens (including phenoxy) is 2. The van der Waals surface area contributed by atoms with Gasteiger partial charge in [-0.2, -0.15) is 4.98 Å². The van der Waals surface area contributed by atoms with E-state index < -0.39 is 8.07 Å². The van der Waals surface area contributed by atoms with E-state index in [1.165, 1.54) is 6.33 Å². The Balaban J connectivity index is 2.23. The van der Waals surface area contributed by atoms with Gasteiger partial charge in [0.05, 0.1) is 18.3 Å². The zero-order valence-electron chi connectivity index (χ0n) is 12.9. The van der Waals surface area contributed by atoms with Crippen LogP contribution in [0.2, 0.25) is 25.7 Å². The summed E-state index contributed by atoms with van der Waals surface area (Å²) in [7, 11) is 0.422. The molecule has 2 heterocycles. The predicted molar refractivity (Wildman–Crippen MR) is 83.6 cm³/mol. The first kappa shape index (κ1) is 15.7. The largest absolute Gasteiger partial charge is 0.479 e. The molecule has 0 radical (unpaired) electrons. The number of carbonyl (C=O) groups is 1. The Kier molecular flexibility index (Phi) is 4.74. The minimum atomic E-state index is -1.13. The van der Waals surface area contributed by atoms with Crippen LogP contribution in [-0.4, -0.2) is 42.6 Å². The Morgan fingerprint density at radius 3 is 2.71 bits per heavy atom. The molecule has 2 aromatic heterocycles. The van der Waals surface area contributed by atoms with Crippen molar-refractivity contribution in [2.24, 2.45) is 0 Å². The molecule has 0 aliphatic heterocycles. The lowest BCUT2D eigenvalue weighted by Gasteiger charge is -2.16. The van der Waals surface area contributed by atoms with E-state index >= 15 is 0 Å². The number of hydrogen-bond donors (Lipinski definition) is 0. The van der Waals surface area contributed by atoms with Gasteiger partial charge in [-0.15, -0.1) is 0 Å². The molecule has 0 saturated carbocycles. The SMILES string of the molecule is COc1ncnc2cc(C=O)n(COCC[Si](C)(C)C)c12. The normalized spacial score (nSPS) is 11.8. The Bertz CT molecular complexity index is 634. The highest BCUT2D eigenvalue weighted by molar-refractivity contribution is 6.76. The van der Waals surface area contributed by atoms with Crippen LogP contribution in [0.5, 0.6) is 5.88 Å². The van der Waals surface area contributed by atoms with E-state index in [-0.39, 0.29) is 0 Å². The number of carbonyl (C=O) groups excluding carboxylic acids is 1. The predicted octanol–water partition coefficient (Wildman–Crippen LogP) is 2.56. The summed E-state index contributed by atoms with van der Waals surface area (Å²) in [5.41, 5.74) is 1.88. The molecule has 2 rings (SSSR count). The fraction of sp³-hybridized carbons (Fsp3) is 0.500. The van der Waals surface area contributed by atoms with Gasteiger partial charge in [0, 0.05) is 14.7 Å². The van der Waals surface area contributed by atoms with E-state index in [0.717, 1.165) is 12.3 Å². The van der Waals surface area contributed by atoms with Crippen LogP contribution in [0.3, 0.4) is 0 Å². The summed E-state index contributed by atoms with van der Waals surface area (Å²) in [5.74, 6) is 0.446. The highest BCUT2D eigenvalue weighted by Gasteiger charge is 2.16. The molecule has 0 aromatic carbocycles. The van der Waals surface area contributed by atoms with Gasteiger partial charge in [0.25, 0.3) is 0 Å². The molecule has 21 heavy (non-hydrogen) atoms. The van der Waals surface area contributed by atoms with Crippen LogP contribution in [0.15, 0.2) is 12.4 Å². The zero-order valence-corrected chi connectivity index (χ0v) is 13.9. The van der Waals surface area contributed by atoms with Crippen molar-refractivity contribution in [3.63, 3.8) is 0 Å². The first-order valence-corrected chi connectivity index (χ1v) is 10.6. The zero-order chi connectivity index (χ0) is 15.5. The second-order valence-electron chi connectivity index (χ2n) is 6.08. The molecule has 0 atom stereocenters. The van der Waals surface area contributed by atoms with Gasteiger partial charge in [-0.1, -0.05) is 19.6 Å². The molecule has 0 N–H and O–H groups in total. The number of aldehydes is 1. The van der Waals surface area contributed by atoms with Crippen molar-refractivity contribution in [1.82, 2.24) is 14.5 Å². The first-order valence-electron chi connectivity index (χ1n) is 6.87. The molecular formula is C14H21N3O3Si. The van der Waals surface area contributed by atoms with Gasteiger partial charge in [-0.05, 0) is 12.1 Å². The third kappa shape index (κ3) is 3.67. The fourth-order valence-corrected chi connectivity index (χ4v) is 2.76. The van der Waals surface area contributed by atoms with Crippen LogP contribution < -0.4 is 4.74 Å². The summed E-state index contributed by atoms with van der Waals surface area (Å²) in [5, 5.41) is 0. The van der Waals surface area contributed by atoms with Gasteiger partial charge in [-0.3, -0.25) is 4.79 Å². The van der Waals surface area contributed by atoms with Crippen molar-refractivity contribution in [2.45, 2.75) is 32.4 Å². The molecule has 0 aliphatic carbocycles. The molecule has 0 amide bonds. The summed E-state index contributed by atoms with van der Waals surface area (Å²) in [4.78, 5) is 19.5. The van der Waals surface area contributed by atoms with Crippen molar-refractivity contribution >= 4 is 25.4 Å². The van der Waals surface area contributed by atoms with E-state index in [1.54, 1.807) is 17.7 Å². The van der Waals surface area contributed by atoms with Gasteiger partial charge in [-0.25, -0.2) is 4.98 Å². The molecule has 0 fully saturated rings. The van der Waals surface area contributed by atoms with Crippen LogP contribution in [0.1, 0.15) is 10.5 Å². The maximum atomic E-state index is 11.2. The number of fused-ring (bicyclic) bond motifs is 1. The smallest absolute Gasteiger partial charge is 0.241 e. The minimum absolute atomic E-state index is 0.297. The van der Waals surface area contributed by atoms with E-state index in [1.807, 2.05) is 0 Å². The summed E-state index contributed by atoms with van der Waals surface area (Å²) in [6.07, 6.45) is 2.22. The summed E-state index contributed by atoms with van der Waals surface area (Å²) >= 11 is 0. The van der Waals surface area contributed by atoms with E-state index in [0.29, 0.717) is 35.9 Å². The lowest BCUT2D eigenvalue weighted by atomic mass is 10.4. The molecule has 0 aliphatic rings. The Morgan fingerprint density at radius 1 is 1.33 bits per heavy atom. The van der Waals surface area contributed by atoms with Gasteiger partial charge >= 0.3 is 0 Å². The quantitative estimate of drug-likeness (QED) is 0.447. The molecule has 2 aromatic rings. The molecule has 6 nitrogen and oxygen atoms in total. The van der Waals surface area contributed by atoms with Crippen LogP contribution in [0.25, 0.3) is 11.0 Å². The number of rotatable bonds is 7. The summed E-state index contributed by atoms with van der Waals surface area (Å²) < 4.78 is 12.7. The van der Waals surface area contributed by atoms with Crippen molar-refractivity contribution in [3.8, 4) is 5.88 Å². The molecule has 0 bridgehead atoms. The van der Waals surface area contributed by atoms with E-state index in [4.69, 9.17) is 9.47 Å². The van der Waals surface area contributed by atoms with Crippen molar-refractivity contribution in [3.05, 3.63) is 18.1 Å². The average molecular weight is 307 g/mol. The Labute approximate surface area is 125 Å².